The second-order valence-corrected chi connectivity index (χ2v) is 7.83. The smallest absolute Gasteiger partial charge is 0.321 e. The van der Waals surface area contributed by atoms with Gasteiger partial charge in [-0.3, -0.25) is 4.79 Å². The Bertz CT molecular complexity index is 755. The SMILES string of the molecule is COCCN1C[C@]2(CCCN(C(=O)Nc3ccc4c(c3)OCO4)C2)CCC1=O. The third-order valence-corrected chi connectivity index (χ3v) is 5.89. The average molecular weight is 389 g/mol. The first-order valence-corrected chi connectivity index (χ1v) is 9.81. The normalized spacial score (nSPS) is 24.0. The van der Waals surface area contributed by atoms with Crippen LogP contribution >= 0.6 is 0 Å². The van der Waals surface area contributed by atoms with Gasteiger partial charge in [-0.2, -0.15) is 0 Å². The molecule has 0 bridgehead atoms. The van der Waals surface area contributed by atoms with Gasteiger partial charge in [-0.25, -0.2) is 4.79 Å². The zero-order valence-corrected chi connectivity index (χ0v) is 16.2. The van der Waals surface area contributed by atoms with Gasteiger partial charge in [0, 0.05) is 56.9 Å². The largest absolute Gasteiger partial charge is 0.454 e. The highest BCUT2D eigenvalue weighted by molar-refractivity contribution is 5.90. The highest BCUT2D eigenvalue weighted by atomic mass is 16.7. The Balaban J connectivity index is 1.40. The van der Waals surface area contributed by atoms with E-state index in [2.05, 4.69) is 5.32 Å². The molecule has 8 nitrogen and oxygen atoms in total. The molecule has 0 aromatic heterocycles. The Morgan fingerprint density at radius 3 is 2.96 bits per heavy atom. The van der Waals surface area contributed by atoms with Crippen LogP contribution in [0.15, 0.2) is 18.2 Å². The lowest BCUT2D eigenvalue weighted by Crippen LogP contribution is -2.56. The third kappa shape index (κ3) is 3.87. The minimum absolute atomic E-state index is 0.0217. The van der Waals surface area contributed by atoms with Gasteiger partial charge in [-0.1, -0.05) is 0 Å². The van der Waals surface area contributed by atoms with Gasteiger partial charge in [-0.05, 0) is 31.4 Å². The summed E-state index contributed by atoms with van der Waals surface area (Å²) in [6, 6.07) is 5.29. The minimum Gasteiger partial charge on any atom is -0.454 e. The van der Waals surface area contributed by atoms with Crippen molar-refractivity contribution in [1.29, 1.82) is 0 Å². The van der Waals surface area contributed by atoms with Crippen LogP contribution in [0.4, 0.5) is 10.5 Å². The quantitative estimate of drug-likeness (QED) is 0.855. The summed E-state index contributed by atoms with van der Waals surface area (Å²) in [6.07, 6.45) is 3.36. The molecule has 4 rings (SSSR count). The summed E-state index contributed by atoms with van der Waals surface area (Å²) < 4.78 is 15.8. The van der Waals surface area contributed by atoms with Crippen molar-refractivity contribution in [1.82, 2.24) is 9.80 Å². The van der Waals surface area contributed by atoms with Crippen LogP contribution in [0.1, 0.15) is 25.7 Å². The molecule has 1 aromatic rings. The number of fused-ring (bicyclic) bond motifs is 1. The van der Waals surface area contributed by atoms with Crippen molar-refractivity contribution in [3.63, 3.8) is 0 Å². The average Bonchev–Trinajstić information content (AvgIpc) is 3.17. The Morgan fingerprint density at radius 1 is 1.25 bits per heavy atom. The zero-order chi connectivity index (χ0) is 19.6. The van der Waals surface area contributed by atoms with Crippen LogP contribution in [-0.2, 0) is 9.53 Å². The number of likely N-dealkylation sites (tertiary alicyclic amines) is 2. The lowest BCUT2D eigenvalue weighted by atomic mass is 9.73. The first-order chi connectivity index (χ1) is 13.6. The van der Waals surface area contributed by atoms with E-state index in [1.165, 1.54) is 0 Å². The molecule has 1 aromatic carbocycles. The highest BCUT2D eigenvalue weighted by Crippen LogP contribution is 2.39. The molecule has 152 valence electrons. The summed E-state index contributed by atoms with van der Waals surface area (Å²) in [7, 11) is 1.65. The third-order valence-electron chi connectivity index (χ3n) is 5.89. The van der Waals surface area contributed by atoms with E-state index in [-0.39, 0.29) is 24.1 Å². The van der Waals surface area contributed by atoms with Crippen LogP contribution < -0.4 is 14.8 Å². The second kappa shape index (κ2) is 7.87. The highest BCUT2D eigenvalue weighted by Gasteiger charge is 2.42. The summed E-state index contributed by atoms with van der Waals surface area (Å²) in [5, 5.41) is 2.97. The van der Waals surface area contributed by atoms with E-state index in [0.29, 0.717) is 49.8 Å². The Morgan fingerprint density at radius 2 is 2.11 bits per heavy atom. The number of hydrogen-bond acceptors (Lipinski definition) is 5. The van der Waals surface area contributed by atoms with Gasteiger partial charge in [-0.15, -0.1) is 0 Å². The number of urea groups is 1. The summed E-state index contributed by atoms with van der Waals surface area (Å²) in [5.41, 5.74) is 0.668. The number of ether oxygens (including phenoxy) is 3. The lowest BCUT2D eigenvalue weighted by Gasteiger charge is -2.48. The van der Waals surface area contributed by atoms with Crippen molar-refractivity contribution in [3.8, 4) is 11.5 Å². The molecule has 1 spiro atoms. The maximum absolute atomic E-state index is 12.9. The molecule has 3 aliphatic heterocycles. The lowest BCUT2D eigenvalue weighted by molar-refractivity contribution is -0.139. The molecule has 1 N–H and O–H groups in total. The fourth-order valence-corrected chi connectivity index (χ4v) is 4.40. The number of rotatable bonds is 4. The van der Waals surface area contributed by atoms with Crippen molar-refractivity contribution in [3.05, 3.63) is 18.2 Å². The maximum Gasteiger partial charge on any atom is 0.321 e. The molecule has 3 heterocycles. The number of benzene rings is 1. The molecule has 0 radical (unpaired) electrons. The summed E-state index contributed by atoms with van der Waals surface area (Å²) in [5.74, 6) is 1.52. The number of methoxy groups -OCH3 is 1. The Labute approximate surface area is 164 Å². The second-order valence-electron chi connectivity index (χ2n) is 7.83. The molecule has 0 saturated carbocycles. The number of anilines is 1. The molecule has 0 aliphatic carbocycles. The van der Waals surface area contributed by atoms with Crippen LogP contribution in [-0.4, -0.2) is 68.4 Å². The molecule has 28 heavy (non-hydrogen) atoms. The monoisotopic (exact) mass is 389 g/mol. The molecule has 2 fully saturated rings. The minimum atomic E-state index is -0.113. The first kappa shape index (κ1) is 18.9. The van der Waals surface area contributed by atoms with Gasteiger partial charge in [0.1, 0.15) is 0 Å². The van der Waals surface area contributed by atoms with Crippen molar-refractivity contribution in [2.75, 3.05) is 52.0 Å². The topological polar surface area (TPSA) is 80.3 Å². The van der Waals surface area contributed by atoms with E-state index in [9.17, 15) is 9.59 Å². The molecule has 8 heteroatoms. The number of carbonyl (C=O) groups is 2. The predicted molar refractivity (Wildman–Crippen MR) is 103 cm³/mol. The molecule has 1 atom stereocenters. The van der Waals surface area contributed by atoms with E-state index in [1.54, 1.807) is 19.2 Å². The van der Waals surface area contributed by atoms with Gasteiger partial charge in [0.15, 0.2) is 11.5 Å². The number of nitrogens with zero attached hydrogens (tertiary/aromatic N) is 2. The van der Waals surface area contributed by atoms with Gasteiger partial charge < -0.3 is 29.3 Å². The Hall–Kier alpha value is -2.48. The summed E-state index contributed by atoms with van der Waals surface area (Å²) in [6.45, 7) is 3.45. The summed E-state index contributed by atoms with van der Waals surface area (Å²) in [4.78, 5) is 28.9. The van der Waals surface area contributed by atoms with Crippen molar-refractivity contribution in [2.45, 2.75) is 25.7 Å². The van der Waals surface area contributed by atoms with Crippen LogP contribution in [0.5, 0.6) is 11.5 Å². The van der Waals surface area contributed by atoms with Gasteiger partial charge in [0.25, 0.3) is 0 Å². The first-order valence-electron chi connectivity index (χ1n) is 9.81. The van der Waals surface area contributed by atoms with Gasteiger partial charge in [0.05, 0.1) is 6.61 Å². The molecular formula is C20H27N3O5. The molecule has 3 amide bonds. The number of amides is 3. The maximum atomic E-state index is 12.9. The number of nitrogens with one attached hydrogen (secondary N) is 1. The van der Waals surface area contributed by atoms with Gasteiger partial charge >= 0.3 is 6.03 Å². The number of carbonyl (C=O) groups excluding carboxylic acids is 2. The molecule has 3 aliphatic rings. The predicted octanol–water partition coefficient (Wildman–Crippen LogP) is 2.30. The van der Waals surface area contributed by atoms with E-state index in [1.807, 2.05) is 15.9 Å². The van der Waals surface area contributed by atoms with Crippen LogP contribution in [0, 0.1) is 5.41 Å². The molecule has 2 saturated heterocycles. The van der Waals surface area contributed by atoms with Crippen molar-refractivity contribution < 1.29 is 23.8 Å². The summed E-state index contributed by atoms with van der Waals surface area (Å²) >= 11 is 0. The van der Waals surface area contributed by atoms with E-state index >= 15 is 0 Å². The standard InChI is InChI=1S/C20H27N3O5/c1-26-10-9-22-12-20(7-5-18(22)24)6-2-8-23(13-20)19(25)21-15-3-4-16-17(11-15)28-14-27-16/h3-4,11H,2,5-10,12-14H2,1H3,(H,21,25)/t20-/m0/s1. The zero-order valence-electron chi connectivity index (χ0n) is 16.2. The van der Waals surface area contributed by atoms with Crippen LogP contribution in [0.2, 0.25) is 0 Å². The van der Waals surface area contributed by atoms with Gasteiger partial charge in [0.2, 0.25) is 12.7 Å². The van der Waals surface area contributed by atoms with Crippen molar-refractivity contribution >= 4 is 17.6 Å². The number of hydrogen-bond donors (Lipinski definition) is 1. The van der Waals surface area contributed by atoms with Crippen LogP contribution in [0.25, 0.3) is 0 Å². The molecule has 0 unspecified atom stereocenters. The van der Waals surface area contributed by atoms with E-state index < -0.39 is 0 Å². The van der Waals surface area contributed by atoms with Crippen molar-refractivity contribution in [2.24, 2.45) is 5.41 Å². The van der Waals surface area contributed by atoms with Crippen LogP contribution in [0.3, 0.4) is 0 Å². The number of piperidine rings is 2. The van der Waals surface area contributed by atoms with E-state index in [4.69, 9.17) is 14.2 Å². The fourth-order valence-electron chi connectivity index (χ4n) is 4.40. The Kier molecular flexibility index (Phi) is 5.30. The molecular weight excluding hydrogens is 362 g/mol. The van der Waals surface area contributed by atoms with E-state index in [0.717, 1.165) is 25.8 Å². The fraction of sp³-hybridized carbons (Fsp3) is 0.600.